The van der Waals surface area contributed by atoms with Crippen molar-refractivity contribution in [1.29, 1.82) is 5.41 Å². The van der Waals surface area contributed by atoms with Gasteiger partial charge in [0.1, 0.15) is 5.75 Å². The van der Waals surface area contributed by atoms with Crippen LogP contribution in [0.2, 0.25) is 0 Å². The van der Waals surface area contributed by atoms with E-state index in [1.54, 1.807) is 12.1 Å². The van der Waals surface area contributed by atoms with Gasteiger partial charge in [-0.3, -0.25) is 20.4 Å². The summed E-state index contributed by atoms with van der Waals surface area (Å²) in [5.41, 5.74) is 9.09. The van der Waals surface area contributed by atoms with Gasteiger partial charge in [0.25, 0.3) is 5.69 Å². The number of nitro groups is 1. The molecule has 8 nitrogen and oxygen atoms in total. The average Bonchev–Trinajstić information content (AvgIpc) is 2.78. The minimum atomic E-state index is -0.301. The Morgan fingerprint density at radius 1 is 1.12 bits per heavy atom. The third kappa shape index (κ3) is 6.72. The normalized spacial score (nSPS) is 16.2. The molecule has 33 heavy (non-hydrogen) atoms. The molecule has 0 aromatic heterocycles. The van der Waals surface area contributed by atoms with Crippen molar-refractivity contribution in [2.75, 3.05) is 26.2 Å². The Bertz CT molecular complexity index is 967. The van der Waals surface area contributed by atoms with Crippen LogP contribution in [0.5, 0.6) is 5.75 Å². The number of piperidine rings is 1. The minimum absolute atomic E-state index is 0. The van der Waals surface area contributed by atoms with Crippen molar-refractivity contribution in [3.05, 3.63) is 69.3 Å². The standard InChI is InChI=1S/C23H29N5O3.2ClH/c24-23(25)27-12-9-18-5-6-21(13-20(18)15-27)31-16-17-7-10-26(11-8-17)14-19-3-1-2-4-22(19)28(29)30;;/h1-6,13,17H,7-12,14-16H2,(H3,24,25);2*1H. The van der Waals surface area contributed by atoms with Crippen LogP contribution in [-0.2, 0) is 19.5 Å². The molecule has 2 aromatic rings. The summed E-state index contributed by atoms with van der Waals surface area (Å²) in [6.07, 6.45) is 2.93. The van der Waals surface area contributed by atoms with Gasteiger partial charge in [0.05, 0.1) is 11.5 Å². The van der Waals surface area contributed by atoms with E-state index in [4.69, 9.17) is 15.9 Å². The molecule has 180 valence electrons. The van der Waals surface area contributed by atoms with Crippen LogP contribution in [0.25, 0.3) is 0 Å². The average molecular weight is 496 g/mol. The number of likely N-dealkylation sites (tertiary alicyclic amines) is 1. The summed E-state index contributed by atoms with van der Waals surface area (Å²) < 4.78 is 6.10. The number of benzene rings is 2. The van der Waals surface area contributed by atoms with Crippen LogP contribution >= 0.6 is 24.8 Å². The zero-order valence-corrected chi connectivity index (χ0v) is 20.1. The molecule has 3 N–H and O–H groups in total. The van der Waals surface area contributed by atoms with Crippen LogP contribution in [0, 0.1) is 21.4 Å². The van der Waals surface area contributed by atoms with E-state index in [1.807, 2.05) is 23.1 Å². The van der Waals surface area contributed by atoms with Gasteiger partial charge < -0.3 is 15.4 Å². The number of para-hydroxylation sites is 1. The van der Waals surface area contributed by atoms with Gasteiger partial charge in [0.2, 0.25) is 0 Å². The molecule has 0 amide bonds. The highest BCUT2D eigenvalue weighted by Crippen LogP contribution is 2.26. The third-order valence-corrected chi connectivity index (χ3v) is 6.31. The van der Waals surface area contributed by atoms with Gasteiger partial charge in [0.15, 0.2) is 5.96 Å². The number of nitro benzene ring substituents is 1. The van der Waals surface area contributed by atoms with Crippen LogP contribution in [0.1, 0.15) is 29.5 Å². The van der Waals surface area contributed by atoms with E-state index in [2.05, 4.69) is 17.0 Å². The number of hydrogen-bond donors (Lipinski definition) is 2. The Morgan fingerprint density at radius 3 is 2.55 bits per heavy atom. The van der Waals surface area contributed by atoms with Crippen molar-refractivity contribution < 1.29 is 9.66 Å². The van der Waals surface area contributed by atoms with Crippen LogP contribution in [0.15, 0.2) is 42.5 Å². The molecule has 0 aliphatic carbocycles. The first-order chi connectivity index (χ1) is 15.0. The quantitative estimate of drug-likeness (QED) is 0.271. The molecular formula is C23H31Cl2N5O3. The molecule has 0 bridgehead atoms. The van der Waals surface area contributed by atoms with E-state index in [0.717, 1.165) is 50.2 Å². The van der Waals surface area contributed by atoms with Crippen LogP contribution in [0.3, 0.4) is 0 Å². The lowest BCUT2D eigenvalue weighted by Crippen LogP contribution is -2.40. The third-order valence-electron chi connectivity index (χ3n) is 6.31. The maximum atomic E-state index is 11.2. The predicted octanol–water partition coefficient (Wildman–Crippen LogP) is 3.98. The highest BCUT2D eigenvalue weighted by atomic mass is 35.5. The Morgan fingerprint density at radius 2 is 1.85 bits per heavy atom. The topological polar surface area (TPSA) is 109 Å². The van der Waals surface area contributed by atoms with E-state index >= 15 is 0 Å². The molecule has 2 heterocycles. The van der Waals surface area contributed by atoms with E-state index < -0.39 is 0 Å². The molecule has 0 saturated carbocycles. The lowest BCUT2D eigenvalue weighted by molar-refractivity contribution is -0.385. The maximum Gasteiger partial charge on any atom is 0.273 e. The number of nitrogens with zero attached hydrogens (tertiary/aromatic N) is 3. The van der Waals surface area contributed by atoms with E-state index in [9.17, 15) is 10.1 Å². The van der Waals surface area contributed by atoms with Gasteiger partial charge in [0, 0.05) is 31.3 Å². The largest absolute Gasteiger partial charge is 0.493 e. The van der Waals surface area contributed by atoms with E-state index in [0.29, 0.717) is 25.6 Å². The Hall–Kier alpha value is -2.55. The summed E-state index contributed by atoms with van der Waals surface area (Å²) in [7, 11) is 0. The van der Waals surface area contributed by atoms with Gasteiger partial charge in [-0.25, -0.2) is 0 Å². The summed E-state index contributed by atoms with van der Waals surface area (Å²) in [5.74, 6) is 1.46. The zero-order chi connectivity index (χ0) is 21.8. The molecule has 10 heteroatoms. The molecule has 0 atom stereocenters. The number of nitrogens with two attached hydrogens (primary N) is 1. The van der Waals surface area contributed by atoms with Crippen molar-refractivity contribution in [3.8, 4) is 5.75 Å². The van der Waals surface area contributed by atoms with Crippen molar-refractivity contribution in [2.24, 2.45) is 11.7 Å². The fraction of sp³-hybridized carbons (Fsp3) is 0.435. The molecule has 0 radical (unpaired) electrons. The van der Waals surface area contributed by atoms with Gasteiger partial charge in [-0.05, 0) is 61.5 Å². The first kappa shape index (κ1) is 26.7. The highest BCUT2D eigenvalue weighted by molar-refractivity contribution is 5.85. The Balaban J connectivity index is 0.00000193. The molecule has 0 spiro atoms. The Labute approximate surface area is 206 Å². The Kier molecular flexibility index (Phi) is 9.76. The van der Waals surface area contributed by atoms with Crippen LogP contribution in [-0.4, -0.2) is 46.9 Å². The van der Waals surface area contributed by atoms with Crippen molar-refractivity contribution in [2.45, 2.75) is 32.4 Å². The predicted molar refractivity (Wildman–Crippen MR) is 134 cm³/mol. The second kappa shape index (κ2) is 12.1. The summed E-state index contributed by atoms with van der Waals surface area (Å²) in [6.45, 7) is 4.56. The van der Waals surface area contributed by atoms with Crippen molar-refractivity contribution in [1.82, 2.24) is 9.80 Å². The molecule has 4 rings (SSSR count). The second-order valence-corrected chi connectivity index (χ2v) is 8.40. The molecular weight excluding hydrogens is 465 g/mol. The fourth-order valence-corrected chi connectivity index (χ4v) is 4.42. The molecule has 0 unspecified atom stereocenters. The van der Waals surface area contributed by atoms with Crippen molar-refractivity contribution in [3.63, 3.8) is 0 Å². The zero-order valence-electron chi connectivity index (χ0n) is 18.4. The number of ether oxygens (including phenoxy) is 1. The number of guanidine groups is 1. The number of halogens is 2. The molecule has 2 aromatic carbocycles. The van der Waals surface area contributed by atoms with Gasteiger partial charge in [-0.1, -0.05) is 24.3 Å². The number of hydrogen-bond acceptors (Lipinski definition) is 5. The number of fused-ring (bicyclic) bond motifs is 1. The lowest BCUT2D eigenvalue weighted by atomic mass is 9.97. The van der Waals surface area contributed by atoms with E-state index in [1.165, 1.54) is 11.1 Å². The minimum Gasteiger partial charge on any atom is -0.493 e. The maximum absolute atomic E-state index is 11.2. The van der Waals surface area contributed by atoms with Gasteiger partial charge >= 0.3 is 0 Å². The van der Waals surface area contributed by atoms with Gasteiger partial charge in [-0.15, -0.1) is 24.8 Å². The molecule has 1 fully saturated rings. The number of rotatable bonds is 6. The fourth-order valence-electron chi connectivity index (χ4n) is 4.42. The molecule has 2 aliphatic heterocycles. The van der Waals surface area contributed by atoms with Crippen molar-refractivity contribution >= 4 is 36.5 Å². The first-order valence-corrected chi connectivity index (χ1v) is 10.8. The smallest absolute Gasteiger partial charge is 0.273 e. The summed E-state index contributed by atoms with van der Waals surface area (Å²) in [5, 5.41) is 18.9. The lowest BCUT2D eigenvalue weighted by Gasteiger charge is -2.32. The molecule has 1 saturated heterocycles. The highest BCUT2D eigenvalue weighted by Gasteiger charge is 2.23. The first-order valence-electron chi connectivity index (χ1n) is 10.8. The van der Waals surface area contributed by atoms with Crippen LogP contribution < -0.4 is 10.5 Å². The van der Waals surface area contributed by atoms with Gasteiger partial charge in [-0.2, -0.15) is 0 Å². The summed E-state index contributed by atoms with van der Waals surface area (Å²) in [6, 6.07) is 13.2. The SMILES string of the molecule is Cl.Cl.N=C(N)N1CCc2ccc(OCC3CCN(Cc4ccccc4[N+](=O)[O-])CC3)cc2C1. The van der Waals surface area contributed by atoms with E-state index in [-0.39, 0.29) is 41.4 Å². The second-order valence-electron chi connectivity index (χ2n) is 8.40. The molecule has 2 aliphatic rings. The summed E-state index contributed by atoms with van der Waals surface area (Å²) >= 11 is 0. The summed E-state index contributed by atoms with van der Waals surface area (Å²) in [4.78, 5) is 15.1. The number of nitrogens with one attached hydrogen (secondary N) is 1. The van der Waals surface area contributed by atoms with Crippen LogP contribution in [0.4, 0.5) is 5.69 Å². The monoisotopic (exact) mass is 495 g/mol.